The van der Waals surface area contributed by atoms with E-state index in [9.17, 15) is 4.79 Å². The number of carbonyl (C=O) groups excluding carboxylic acids is 1. The highest BCUT2D eigenvalue weighted by Gasteiger charge is 2.12. The summed E-state index contributed by atoms with van der Waals surface area (Å²) in [5.74, 6) is 0.305. The largest absolute Gasteiger partial charge is 0.379 e. The van der Waals surface area contributed by atoms with Gasteiger partial charge in [0.1, 0.15) is 0 Å². The zero-order chi connectivity index (χ0) is 15.9. The molecule has 1 aliphatic heterocycles. The van der Waals surface area contributed by atoms with Crippen LogP contribution in [0.4, 0.5) is 0 Å². The van der Waals surface area contributed by atoms with Crippen LogP contribution in [0.25, 0.3) is 0 Å². The van der Waals surface area contributed by atoms with Crippen molar-refractivity contribution in [1.29, 1.82) is 0 Å². The molecule has 4 nitrogen and oxygen atoms in total. The zero-order valence-corrected chi connectivity index (χ0v) is 14.7. The number of unbranched alkanes of at least 4 members (excludes halogenated alkanes) is 2. The molecule has 1 fully saturated rings. The number of morpholine rings is 1. The van der Waals surface area contributed by atoms with Crippen molar-refractivity contribution in [1.82, 2.24) is 9.80 Å². The van der Waals surface area contributed by atoms with Crippen LogP contribution in [0.3, 0.4) is 0 Å². The molecule has 4 heteroatoms. The fourth-order valence-electron chi connectivity index (χ4n) is 2.40. The van der Waals surface area contributed by atoms with Gasteiger partial charge in [-0.05, 0) is 25.8 Å². The smallest absolute Gasteiger partial charge is 0.222 e. The van der Waals surface area contributed by atoms with Gasteiger partial charge in [-0.3, -0.25) is 9.69 Å². The van der Waals surface area contributed by atoms with Gasteiger partial charge in [0.25, 0.3) is 0 Å². The van der Waals surface area contributed by atoms with Crippen molar-refractivity contribution in [2.75, 3.05) is 45.9 Å². The average molecular weight is 300 g/mol. The number of rotatable bonds is 9. The summed E-state index contributed by atoms with van der Waals surface area (Å²) in [4.78, 5) is 16.3. The van der Waals surface area contributed by atoms with Gasteiger partial charge in [-0.25, -0.2) is 0 Å². The van der Waals surface area contributed by atoms with E-state index in [0.29, 0.717) is 12.3 Å². The maximum absolute atomic E-state index is 11.8. The van der Waals surface area contributed by atoms with Crippen LogP contribution in [0, 0.1) is 0 Å². The van der Waals surface area contributed by atoms with Gasteiger partial charge >= 0.3 is 0 Å². The minimum atomic E-state index is 0.305. The molecule has 0 aromatic carbocycles. The van der Waals surface area contributed by atoms with Crippen molar-refractivity contribution in [3.05, 3.63) is 0 Å². The lowest BCUT2D eigenvalue weighted by Gasteiger charge is -2.27. The van der Waals surface area contributed by atoms with Gasteiger partial charge in [0.2, 0.25) is 5.91 Å². The van der Waals surface area contributed by atoms with Crippen LogP contribution >= 0.6 is 0 Å². The number of hydrogen-bond acceptors (Lipinski definition) is 3. The monoisotopic (exact) mass is 300 g/mol. The third-order valence-electron chi connectivity index (χ3n) is 3.69. The van der Waals surface area contributed by atoms with Crippen molar-refractivity contribution < 1.29 is 9.53 Å². The second-order valence-corrected chi connectivity index (χ2v) is 5.25. The van der Waals surface area contributed by atoms with E-state index in [4.69, 9.17) is 4.74 Å². The summed E-state index contributed by atoms with van der Waals surface area (Å²) in [5, 5.41) is 0. The predicted molar refractivity (Wildman–Crippen MR) is 89.6 cm³/mol. The number of amides is 1. The SMILES string of the molecule is CC.CCCCN(CCCCN1CCOCC1)C(=O)CC. The van der Waals surface area contributed by atoms with Crippen molar-refractivity contribution >= 4 is 5.91 Å². The van der Waals surface area contributed by atoms with Crippen LogP contribution in [0.5, 0.6) is 0 Å². The molecule has 0 atom stereocenters. The second-order valence-electron chi connectivity index (χ2n) is 5.25. The van der Waals surface area contributed by atoms with Gasteiger partial charge in [0, 0.05) is 32.6 Å². The predicted octanol–water partition coefficient (Wildman–Crippen LogP) is 3.16. The average Bonchev–Trinajstić information content (AvgIpc) is 2.56. The molecule has 0 radical (unpaired) electrons. The summed E-state index contributed by atoms with van der Waals surface area (Å²) < 4.78 is 5.34. The van der Waals surface area contributed by atoms with Gasteiger partial charge < -0.3 is 9.64 Å². The first-order valence-electron chi connectivity index (χ1n) is 8.85. The standard InChI is InChI=1S/C15H30N2O2.C2H6/c1-3-5-9-17(15(18)4-2)10-7-6-8-16-11-13-19-14-12-16;1-2/h3-14H2,1-2H3;1-2H3. The highest BCUT2D eigenvalue weighted by molar-refractivity contribution is 5.75. The molecule has 0 N–H and O–H groups in total. The van der Waals surface area contributed by atoms with E-state index in [2.05, 4.69) is 11.8 Å². The molecule has 0 aromatic heterocycles. The second kappa shape index (κ2) is 14.3. The minimum absolute atomic E-state index is 0.305. The van der Waals surface area contributed by atoms with Crippen molar-refractivity contribution in [3.63, 3.8) is 0 Å². The lowest BCUT2D eigenvalue weighted by Crippen LogP contribution is -2.37. The zero-order valence-electron chi connectivity index (χ0n) is 14.7. The van der Waals surface area contributed by atoms with Crippen LogP contribution < -0.4 is 0 Å². The summed E-state index contributed by atoms with van der Waals surface area (Å²) >= 11 is 0. The molecule has 1 saturated heterocycles. The Bertz CT molecular complexity index is 241. The van der Waals surface area contributed by atoms with E-state index >= 15 is 0 Å². The van der Waals surface area contributed by atoms with E-state index in [1.54, 1.807) is 0 Å². The first-order valence-corrected chi connectivity index (χ1v) is 8.85. The summed E-state index contributed by atoms with van der Waals surface area (Å²) in [6, 6.07) is 0. The van der Waals surface area contributed by atoms with E-state index in [1.165, 1.54) is 6.42 Å². The topological polar surface area (TPSA) is 32.8 Å². The van der Waals surface area contributed by atoms with Crippen LogP contribution in [0.1, 0.15) is 59.8 Å². The maximum atomic E-state index is 11.8. The van der Waals surface area contributed by atoms with Gasteiger partial charge in [0.05, 0.1) is 13.2 Å². The first kappa shape index (κ1) is 20.4. The van der Waals surface area contributed by atoms with Crippen LogP contribution in [0.15, 0.2) is 0 Å². The normalized spacial score (nSPS) is 15.2. The van der Waals surface area contributed by atoms with Gasteiger partial charge in [-0.1, -0.05) is 34.1 Å². The first-order chi connectivity index (χ1) is 10.3. The maximum Gasteiger partial charge on any atom is 0.222 e. The third-order valence-corrected chi connectivity index (χ3v) is 3.69. The summed E-state index contributed by atoms with van der Waals surface area (Å²) in [7, 11) is 0. The van der Waals surface area contributed by atoms with Crippen LogP contribution in [-0.4, -0.2) is 61.6 Å². The number of hydrogen-bond donors (Lipinski definition) is 0. The Kier molecular flexibility index (Phi) is 13.9. The molecule has 0 spiro atoms. The Labute approximate surface area is 131 Å². The molecule has 0 aliphatic carbocycles. The van der Waals surface area contributed by atoms with Gasteiger partial charge in [-0.2, -0.15) is 0 Å². The Morgan fingerprint density at radius 3 is 2.24 bits per heavy atom. The summed E-state index contributed by atoms with van der Waals surface area (Å²) in [5.41, 5.74) is 0. The Balaban J connectivity index is 0.00000191. The van der Waals surface area contributed by atoms with E-state index in [1.807, 2.05) is 25.7 Å². The Morgan fingerprint density at radius 1 is 1.05 bits per heavy atom. The van der Waals surface area contributed by atoms with Crippen molar-refractivity contribution in [3.8, 4) is 0 Å². The van der Waals surface area contributed by atoms with Gasteiger partial charge in [-0.15, -0.1) is 0 Å². The van der Waals surface area contributed by atoms with Crippen LogP contribution in [-0.2, 0) is 9.53 Å². The van der Waals surface area contributed by atoms with Crippen molar-refractivity contribution in [2.45, 2.75) is 59.8 Å². The van der Waals surface area contributed by atoms with Gasteiger partial charge in [0.15, 0.2) is 0 Å². The molecule has 0 bridgehead atoms. The molecular weight excluding hydrogens is 264 g/mol. The van der Waals surface area contributed by atoms with Crippen molar-refractivity contribution in [2.24, 2.45) is 0 Å². The summed E-state index contributed by atoms with van der Waals surface area (Å²) in [6.45, 7) is 15.0. The number of carbonyl (C=O) groups is 1. The Morgan fingerprint density at radius 2 is 1.67 bits per heavy atom. The molecule has 126 valence electrons. The third kappa shape index (κ3) is 9.86. The fourth-order valence-corrected chi connectivity index (χ4v) is 2.40. The molecular formula is C17H36N2O2. The van der Waals surface area contributed by atoms with E-state index in [-0.39, 0.29) is 0 Å². The summed E-state index contributed by atoms with van der Waals surface area (Å²) in [6.07, 6.45) is 5.20. The molecule has 0 aromatic rings. The van der Waals surface area contributed by atoms with Crippen LogP contribution in [0.2, 0.25) is 0 Å². The highest BCUT2D eigenvalue weighted by atomic mass is 16.5. The molecule has 0 unspecified atom stereocenters. The quantitative estimate of drug-likeness (QED) is 0.613. The van der Waals surface area contributed by atoms with E-state index in [0.717, 1.165) is 65.2 Å². The highest BCUT2D eigenvalue weighted by Crippen LogP contribution is 2.04. The lowest BCUT2D eigenvalue weighted by molar-refractivity contribution is -0.131. The number of ether oxygens (including phenoxy) is 1. The van der Waals surface area contributed by atoms with E-state index < -0.39 is 0 Å². The molecule has 1 rings (SSSR count). The molecule has 1 aliphatic rings. The lowest BCUT2D eigenvalue weighted by atomic mass is 10.2. The molecule has 1 heterocycles. The molecule has 0 saturated carbocycles. The molecule has 21 heavy (non-hydrogen) atoms. The fraction of sp³-hybridized carbons (Fsp3) is 0.941. The Hall–Kier alpha value is -0.610. The molecule has 1 amide bonds. The minimum Gasteiger partial charge on any atom is -0.379 e. The number of nitrogens with zero attached hydrogens (tertiary/aromatic N) is 2.